The first-order valence-corrected chi connectivity index (χ1v) is 12.0. The first-order chi connectivity index (χ1) is 17.8. The van der Waals surface area contributed by atoms with Gasteiger partial charge in [-0.1, -0.05) is 48.5 Å². The van der Waals surface area contributed by atoms with E-state index >= 15 is 0 Å². The summed E-state index contributed by atoms with van der Waals surface area (Å²) in [5, 5.41) is 14.2. The van der Waals surface area contributed by atoms with Crippen LogP contribution in [0, 0.1) is 0 Å². The zero-order valence-corrected chi connectivity index (χ0v) is 20.7. The minimum atomic E-state index is -1.02. The van der Waals surface area contributed by atoms with Crippen molar-refractivity contribution < 1.29 is 14.7 Å². The lowest BCUT2D eigenvalue weighted by Crippen LogP contribution is -2.42. The first kappa shape index (κ1) is 24.1. The van der Waals surface area contributed by atoms with Crippen LogP contribution in [-0.4, -0.2) is 61.3 Å². The van der Waals surface area contributed by atoms with Gasteiger partial charge in [0.25, 0.3) is 5.91 Å². The molecule has 2 amide bonds. The second-order valence-electron chi connectivity index (χ2n) is 9.24. The highest BCUT2D eigenvalue weighted by molar-refractivity contribution is 5.99. The number of anilines is 1. The molecule has 2 unspecified atom stereocenters. The van der Waals surface area contributed by atoms with E-state index in [0.717, 1.165) is 27.8 Å². The Hall–Kier alpha value is -4.66. The first-order valence-electron chi connectivity index (χ1n) is 12.0. The Bertz CT molecular complexity index is 1450. The van der Waals surface area contributed by atoms with Crippen molar-refractivity contribution in [3.05, 3.63) is 90.4 Å². The maximum Gasteiger partial charge on any atom is 0.407 e. The van der Waals surface area contributed by atoms with Crippen LogP contribution in [0.5, 0.6) is 0 Å². The van der Waals surface area contributed by atoms with Crippen LogP contribution in [0.4, 0.5) is 10.6 Å². The fourth-order valence-electron chi connectivity index (χ4n) is 5.05. The van der Waals surface area contributed by atoms with Crippen molar-refractivity contribution in [2.75, 3.05) is 19.3 Å². The smallest absolute Gasteiger partial charge is 0.407 e. The SMILES string of the molecule is CN(C(=O)c1cc(-c2cnn(C)c2)cnc1N)C1CCN(C(=O)O)C1c1cccc(-c2ccccc2)c1. The number of aryl methyl sites for hydroxylation is 1. The number of carbonyl (C=O) groups excluding carboxylic acids is 1. The Morgan fingerprint density at radius 3 is 2.46 bits per heavy atom. The molecule has 9 heteroatoms. The predicted octanol–water partition coefficient (Wildman–Crippen LogP) is 4.30. The maximum atomic E-state index is 13.7. The molecule has 5 rings (SSSR count). The number of nitrogens with zero attached hydrogens (tertiary/aromatic N) is 5. The van der Waals surface area contributed by atoms with Crippen LogP contribution >= 0.6 is 0 Å². The zero-order valence-electron chi connectivity index (χ0n) is 20.7. The van der Waals surface area contributed by atoms with Crippen molar-refractivity contribution in [3.8, 4) is 22.3 Å². The molecule has 0 radical (unpaired) electrons. The predicted molar refractivity (Wildman–Crippen MR) is 141 cm³/mol. The fourth-order valence-corrected chi connectivity index (χ4v) is 5.05. The van der Waals surface area contributed by atoms with E-state index in [1.807, 2.05) is 67.8 Å². The third-order valence-electron chi connectivity index (χ3n) is 6.95. The molecule has 0 spiro atoms. The van der Waals surface area contributed by atoms with Crippen molar-refractivity contribution in [1.29, 1.82) is 0 Å². The fraction of sp³-hybridized carbons (Fsp3) is 0.214. The summed E-state index contributed by atoms with van der Waals surface area (Å²) >= 11 is 0. The highest BCUT2D eigenvalue weighted by Gasteiger charge is 2.42. The molecule has 1 fully saturated rings. The number of aromatic nitrogens is 3. The molecule has 0 aliphatic carbocycles. The molecule has 1 aliphatic heterocycles. The Morgan fingerprint density at radius 2 is 1.76 bits per heavy atom. The third-order valence-corrected chi connectivity index (χ3v) is 6.95. The maximum absolute atomic E-state index is 13.7. The van der Waals surface area contributed by atoms with E-state index in [4.69, 9.17) is 5.73 Å². The standard InChI is InChI=1S/C28H28N6O3/c1-32-17-22(16-31-32)21-14-23(26(29)30-15-21)27(35)33(2)24-11-12-34(28(36)37)25(24)20-10-6-9-19(13-20)18-7-4-3-5-8-18/h3-10,13-17,24-25H,11-12H2,1-2H3,(H2,29,30)(H,36,37). The van der Waals surface area contributed by atoms with Gasteiger partial charge in [-0.2, -0.15) is 5.10 Å². The van der Waals surface area contributed by atoms with E-state index in [1.54, 1.807) is 35.1 Å². The number of rotatable bonds is 5. The van der Waals surface area contributed by atoms with Gasteiger partial charge in [-0.25, -0.2) is 9.78 Å². The van der Waals surface area contributed by atoms with Crippen molar-refractivity contribution in [2.24, 2.45) is 7.05 Å². The van der Waals surface area contributed by atoms with Crippen LogP contribution in [0.15, 0.2) is 79.3 Å². The summed E-state index contributed by atoms with van der Waals surface area (Å²) in [5.41, 5.74) is 10.8. The largest absolute Gasteiger partial charge is 0.465 e. The summed E-state index contributed by atoms with van der Waals surface area (Å²) in [5.74, 6) is -0.183. The monoisotopic (exact) mass is 496 g/mol. The third kappa shape index (κ3) is 4.63. The number of carboxylic acid groups (broad SMARTS) is 1. The van der Waals surface area contributed by atoms with Gasteiger partial charge in [0.1, 0.15) is 5.82 Å². The van der Waals surface area contributed by atoms with Gasteiger partial charge in [-0.05, 0) is 35.2 Å². The van der Waals surface area contributed by atoms with Gasteiger partial charge in [0, 0.05) is 44.2 Å². The van der Waals surface area contributed by atoms with Gasteiger partial charge < -0.3 is 15.7 Å². The molecular weight excluding hydrogens is 468 g/mol. The Labute approximate surface area is 214 Å². The van der Waals surface area contributed by atoms with Gasteiger partial charge in [-0.15, -0.1) is 0 Å². The van der Waals surface area contributed by atoms with Gasteiger partial charge in [0.2, 0.25) is 0 Å². The highest BCUT2D eigenvalue weighted by atomic mass is 16.4. The molecule has 1 saturated heterocycles. The summed E-state index contributed by atoms with van der Waals surface area (Å²) in [7, 11) is 3.51. The summed E-state index contributed by atoms with van der Waals surface area (Å²) in [6.45, 7) is 0.321. The van der Waals surface area contributed by atoms with E-state index in [-0.39, 0.29) is 23.3 Å². The molecule has 3 heterocycles. The minimum Gasteiger partial charge on any atom is -0.465 e. The van der Waals surface area contributed by atoms with Gasteiger partial charge in [0.15, 0.2) is 0 Å². The molecule has 4 aromatic rings. The lowest BCUT2D eigenvalue weighted by atomic mass is 9.95. The normalized spacial score (nSPS) is 17.1. The molecule has 2 aromatic carbocycles. The quantitative estimate of drug-likeness (QED) is 0.425. The van der Waals surface area contributed by atoms with Gasteiger partial charge in [0.05, 0.1) is 23.8 Å². The average molecular weight is 497 g/mol. The van der Waals surface area contributed by atoms with Crippen molar-refractivity contribution >= 4 is 17.8 Å². The number of benzene rings is 2. The van der Waals surface area contributed by atoms with Gasteiger partial charge >= 0.3 is 6.09 Å². The van der Waals surface area contributed by atoms with E-state index in [1.165, 1.54) is 4.90 Å². The Morgan fingerprint density at radius 1 is 1.00 bits per heavy atom. The van der Waals surface area contributed by atoms with E-state index in [0.29, 0.717) is 13.0 Å². The second-order valence-corrected chi connectivity index (χ2v) is 9.24. The number of pyridine rings is 1. The second kappa shape index (κ2) is 9.77. The number of likely N-dealkylation sites (tertiary alicyclic amines) is 1. The van der Waals surface area contributed by atoms with Crippen LogP contribution in [-0.2, 0) is 7.05 Å². The lowest BCUT2D eigenvalue weighted by molar-refractivity contribution is 0.0682. The topological polar surface area (TPSA) is 118 Å². The summed E-state index contributed by atoms with van der Waals surface area (Å²) in [4.78, 5) is 33.2. The molecule has 2 aromatic heterocycles. The van der Waals surface area contributed by atoms with E-state index < -0.39 is 12.1 Å². The average Bonchev–Trinajstić information content (AvgIpc) is 3.56. The van der Waals surface area contributed by atoms with Gasteiger partial charge in [-0.3, -0.25) is 14.4 Å². The lowest BCUT2D eigenvalue weighted by Gasteiger charge is -2.33. The van der Waals surface area contributed by atoms with Crippen LogP contribution < -0.4 is 5.73 Å². The Kier molecular flexibility index (Phi) is 6.35. The van der Waals surface area contributed by atoms with E-state index in [2.05, 4.69) is 10.1 Å². The number of nitrogen functional groups attached to an aromatic ring is 1. The summed E-state index contributed by atoms with van der Waals surface area (Å²) in [6, 6.07) is 18.6. The number of likely N-dealkylation sites (N-methyl/N-ethyl adjacent to an activating group) is 1. The Balaban J connectivity index is 1.49. The van der Waals surface area contributed by atoms with Crippen LogP contribution in [0.1, 0.15) is 28.4 Å². The number of hydrogen-bond donors (Lipinski definition) is 2. The molecule has 37 heavy (non-hydrogen) atoms. The van der Waals surface area contributed by atoms with Crippen molar-refractivity contribution in [1.82, 2.24) is 24.6 Å². The molecular formula is C28H28N6O3. The highest BCUT2D eigenvalue weighted by Crippen LogP contribution is 2.37. The number of nitrogens with two attached hydrogens (primary N) is 1. The van der Waals surface area contributed by atoms with Crippen LogP contribution in [0.3, 0.4) is 0 Å². The summed E-state index contributed by atoms with van der Waals surface area (Å²) in [6.07, 6.45) is 4.64. The molecule has 3 N–H and O–H groups in total. The molecule has 2 atom stereocenters. The molecule has 9 nitrogen and oxygen atoms in total. The minimum absolute atomic E-state index is 0.125. The zero-order chi connectivity index (χ0) is 26.1. The molecule has 1 aliphatic rings. The number of amides is 2. The number of hydrogen-bond acceptors (Lipinski definition) is 5. The van der Waals surface area contributed by atoms with E-state index in [9.17, 15) is 14.7 Å². The molecule has 0 saturated carbocycles. The van der Waals surface area contributed by atoms with Crippen LogP contribution in [0.25, 0.3) is 22.3 Å². The number of carbonyl (C=O) groups is 2. The van der Waals surface area contributed by atoms with Crippen LogP contribution in [0.2, 0.25) is 0 Å². The molecule has 188 valence electrons. The van der Waals surface area contributed by atoms with Crippen molar-refractivity contribution in [3.63, 3.8) is 0 Å². The molecule has 0 bridgehead atoms. The van der Waals surface area contributed by atoms with Crippen molar-refractivity contribution in [2.45, 2.75) is 18.5 Å². The summed E-state index contributed by atoms with van der Waals surface area (Å²) < 4.78 is 1.67.